The van der Waals surface area contributed by atoms with Crippen LogP contribution in [0.15, 0.2) is 18.2 Å². The van der Waals surface area contributed by atoms with Crippen LogP contribution in [0.25, 0.3) is 0 Å². The third-order valence-corrected chi connectivity index (χ3v) is 2.25. The number of hydrogen-bond donors (Lipinski definition) is 2. The van der Waals surface area contributed by atoms with E-state index in [4.69, 9.17) is 10.5 Å². The lowest BCUT2D eigenvalue weighted by Crippen LogP contribution is -2.27. The number of nitrogens with one attached hydrogen (secondary N) is 1. The number of nitrogen functional groups attached to an aromatic ring is 1. The van der Waals surface area contributed by atoms with Gasteiger partial charge in [0.25, 0.3) is 5.91 Å². The number of hydrogen-bond acceptors (Lipinski definition) is 3. The smallest absolute Gasteiger partial charge is 0.255 e. The van der Waals surface area contributed by atoms with Crippen LogP contribution in [0.4, 0.5) is 5.69 Å². The van der Waals surface area contributed by atoms with Gasteiger partial charge in [-0.3, -0.25) is 4.79 Å². The minimum atomic E-state index is -0.144. The zero-order valence-corrected chi connectivity index (χ0v) is 10.6. The van der Waals surface area contributed by atoms with Crippen LogP contribution in [0.3, 0.4) is 0 Å². The molecule has 0 spiro atoms. The molecule has 0 saturated heterocycles. The molecule has 4 heteroatoms. The lowest BCUT2D eigenvalue weighted by molar-refractivity contribution is 0.0945. The third-order valence-electron chi connectivity index (χ3n) is 2.25. The van der Waals surface area contributed by atoms with Crippen molar-refractivity contribution < 1.29 is 9.53 Å². The van der Waals surface area contributed by atoms with Crippen LogP contribution in [0, 0.1) is 5.92 Å². The molecule has 1 rings (SSSR count). The molecule has 0 atom stereocenters. The Morgan fingerprint density at radius 2 is 2.18 bits per heavy atom. The molecule has 0 aliphatic heterocycles. The van der Waals surface area contributed by atoms with Crippen molar-refractivity contribution in [3.63, 3.8) is 0 Å². The summed E-state index contributed by atoms with van der Waals surface area (Å²) >= 11 is 0. The Morgan fingerprint density at radius 1 is 1.47 bits per heavy atom. The molecule has 0 heterocycles. The van der Waals surface area contributed by atoms with Gasteiger partial charge in [0.1, 0.15) is 0 Å². The Labute approximate surface area is 102 Å². The highest BCUT2D eigenvalue weighted by molar-refractivity contribution is 5.98. The summed E-state index contributed by atoms with van der Waals surface area (Å²) in [6, 6.07) is 5.20. The van der Waals surface area contributed by atoms with Crippen LogP contribution in [0.5, 0.6) is 5.75 Å². The Bertz CT molecular complexity index is 389. The molecule has 0 radical (unpaired) electrons. The first-order valence-electron chi connectivity index (χ1n) is 5.85. The first-order valence-corrected chi connectivity index (χ1v) is 5.85. The van der Waals surface area contributed by atoms with E-state index in [1.165, 1.54) is 0 Å². The average Bonchev–Trinajstić information content (AvgIpc) is 2.29. The van der Waals surface area contributed by atoms with Gasteiger partial charge in [-0.05, 0) is 25.0 Å². The molecule has 0 aliphatic carbocycles. The van der Waals surface area contributed by atoms with Gasteiger partial charge in [0.15, 0.2) is 5.75 Å². The summed E-state index contributed by atoms with van der Waals surface area (Å²) in [7, 11) is 0. The summed E-state index contributed by atoms with van der Waals surface area (Å²) in [6.45, 7) is 7.08. The quantitative estimate of drug-likeness (QED) is 0.769. The standard InChI is InChI=1S/C13H20N2O2/c1-4-17-12-10(6-5-7-11(12)14)13(16)15-8-9(2)3/h5-7,9H,4,8,14H2,1-3H3,(H,15,16). The maximum Gasteiger partial charge on any atom is 0.255 e. The zero-order valence-electron chi connectivity index (χ0n) is 10.6. The Morgan fingerprint density at radius 3 is 2.76 bits per heavy atom. The number of ether oxygens (including phenoxy) is 1. The molecular weight excluding hydrogens is 216 g/mol. The first kappa shape index (κ1) is 13.4. The second-order valence-corrected chi connectivity index (χ2v) is 4.26. The highest BCUT2D eigenvalue weighted by Gasteiger charge is 2.14. The molecular formula is C13H20N2O2. The van der Waals surface area contributed by atoms with Crippen molar-refractivity contribution in [1.29, 1.82) is 0 Å². The van der Waals surface area contributed by atoms with Crippen molar-refractivity contribution in [3.8, 4) is 5.75 Å². The van der Waals surface area contributed by atoms with E-state index in [2.05, 4.69) is 5.32 Å². The Kier molecular flexibility index (Phi) is 4.82. The number of carbonyl (C=O) groups excluding carboxylic acids is 1. The van der Waals surface area contributed by atoms with E-state index >= 15 is 0 Å². The molecule has 0 aromatic heterocycles. The fourth-order valence-electron chi connectivity index (χ4n) is 1.43. The number of amides is 1. The van der Waals surface area contributed by atoms with Gasteiger partial charge in [-0.2, -0.15) is 0 Å². The first-order chi connectivity index (χ1) is 8.06. The number of anilines is 1. The summed E-state index contributed by atoms with van der Waals surface area (Å²) in [5.74, 6) is 0.737. The van der Waals surface area contributed by atoms with Gasteiger partial charge in [-0.15, -0.1) is 0 Å². The maximum absolute atomic E-state index is 12.0. The van der Waals surface area contributed by atoms with Crippen LogP contribution < -0.4 is 15.8 Å². The molecule has 1 aromatic carbocycles. The number of benzene rings is 1. The van der Waals surface area contributed by atoms with E-state index in [1.54, 1.807) is 18.2 Å². The second kappa shape index (κ2) is 6.13. The molecule has 3 N–H and O–H groups in total. The van der Waals surface area contributed by atoms with Crippen molar-refractivity contribution in [3.05, 3.63) is 23.8 Å². The predicted octanol–water partition coefficient (Wildman–Crippen LogP) is 2.05. The summed E-state index contributed by atoms with van der Waals surface area (Å²) < 4.78 is 5.41. The molecule has 0 unspecified atom stereocenters. The van der Waals surface area contributed by atoms with Gasteiger partial charge < -0.3 is 15.8 Å². The second-order valence-electron chi connectivity index (χ2n) is 4.26. The molecule has 0 fully saturated rings. The number of para-hydroxylation sites is 1. The summed E-state index contributed by atoms with van der Waals surface area (Å²) in [4.78, 5) is 12.0. The van der Waals surface area contributed by atoms with Crippen molar-refractivity contribution in [2.75, 3.05) is 18.9 Å². The van der Waals surface area contributed by atoms with Crippen LogP contribution in [-0.4, -0.2) is 19.1 Å². The van der Waals surface area contributed by atoms with E-state index in [0.717, 1.165) is 0 Å². The zero-order chi connectivity index (χ0) is 12.8. The van der Waals surface area contributed by atoms with E-state index in [9.17, 15) is 4.79 Å². The number of carbonyl (C=O) groups is 1. The van der Waals surface area contributed by atoms with Crippen LogP contribution in [0.2, 0.25) is 0 Å². The molecule has 1 aromatic rings. The molecule has 0 bridgehead atoms. The monoisotopic (exact) mass is 236 g/mol. The lowest BCUT2D eigenvalue weighted by atomic mass is 10.1. The van der Waals surface area contributed by atoms with Gasteiger partial charge in [0, 0.05) is 6.54 Å². The van der Waals surface area contributed by atoms with Crippen molar-refractivity contribution >= 4 is 11.6 Å². The Balaban J connectivity index is 2.88. The maximum atomic E-state index is 12.0. The van der Waals surface area contributed by atoms with Gasteiger partial charge >= 0.3 is 0 Å². The lowest BCUT2D eigenvalue weighted by Gasteiger charge is -2.13. The fourth-order valence-corrected chi connectivity index (χ4v) is 1.43. The molecule has 94 valence electrons. The van der Waals surface area contributed by atoms with Gasteiger partial charge in [-0.25, -0.2) is 0 Å². The summed E-state index contributed by atoms with van der Waals surface area (Å²) in [6.07, 6.45) is 0. The van der Waals surface area contributed by atoms with Crippen LogP contribution >= 0.6 is 0 Å². The minimum Gasteiger partial charge on any atom is -0.491 e. The average molecular weight is 236 g/mol. The topological polar surface area (TPSA) is 64.3 Å². The highest BCUT2D eigenvalue weighted by atomic mass is 16.5. The SMILES string of the molecule is CCOc1c(N)cccc1C(=O)NCC(C)C. The fraction of sp³-hybridized carbons (Fsp3) is 0.462. The number of nitrogens with two attached hydrogens (primary N) is 1. The van der Waals surface area contributed by atoms with Crippen LogP contribution in [-0.2, 0) is 0 Å². The predicted molar refractivity (Wildman–Crippen MR) is 69.2 cm³/mol. The van der Waals surface area contributed by atoms with E-state index < -0.39 is 0 Å². The van der Waals surface area contributed by atoms with E-state index in [1.807, 2.05) is 20.8 Å². The molecule has 4 nitrogen and oxygen atoms in total. The molecule has 17 heavy (non-hydrogen) atoms. The van der Waals surface area contributed by atoms with Crippen molar-refractivity contribution in [1.82, 2.24) is 5.32 Å². The number of rotatable bonds is 5. The van der Waals surface area contributed by atoms with Crippen LogP contribution in [0.1, 0.15) is 31.1 Å². The van der Waals surface area contributed by atoms with Crippen molar-refractivity contribution in [2.45, 2.75) is 20.8 Å². The molecule has 0 aliphatic rings. The summed E-state index contributed by atoms with van der Waals surface area (Å²) in [5.41, 5.74) is 6.78. The third kappa shape index (κ3) is 3.66. The van der Waals surface area contributed by atoms with Crippen molar-refractivity contribution in [2.24, 2.45) is 5.92 Å². The van der Waals surface area contributed by atoms with Gasteiger partial charge in [0.2, 0.25) is 0 Å². The van der Waals surface area contributed by atoms with Gasteiger partial charge in [-0.1, -0.05) is 19.9 Å². The minimum absolute atomic E-state index is 0.144. The summed E-state index contributed by atoms with van der Waals surface area (Å²) in [5, 5.41) is 2.85. The van der Waals surface area contributed by atoms with E-state index in [-0.39, 0.29) is 5.91 Å². The Hall–Kier alpha value is -1.71. The largest absolute Gasteiger partial charge is 0.491 e. The van der Waals surface area contributed by atoms with E-state index in [0.29, 0.717) is 36.1 Å². The normalized spacial score (nSPS) is 10.4. The van der Waals surface area contributed by atoms with Gasteiger partial charge in [0.05, 0.1) is 17.9 Å². The molecule has 1 amide bonds. The molecule has 0 saturated carbocycles. The highest BCUT2D eigenvalue weighted by Crippen LogP contribution is 2.26.